The zero-order chi connectivity index (χ0) is 25.1. The molecule has 0 amide bonds. The van der Waals surface area contributed by atoms with E-state index >= 15 is 0 Å². The van der Waals surface area contributed by atoms with E-state index in [4.69, 9.17) is 4.74 Å². The standard InChI is InChI=1S/C24H28N8O3/c1-16-14-20(31-11-7-6-8-19(16)31)17-9-10-25-24(26-17)27-18-15-21(32(33)34)22(28-23(18)35-5)30(4)13-12-29(2)3/h6-11,14-15H,12-13H2,1-5H3,(H,25,26,27). The van der Waals surface area contributed by atoms with Crippen molar-refractivity contribution in [2.24, 2.45) is 0 Å². The molecule has 1 N–H and O–H groups in total. The van der Waals surface area contributed by atoms with Gasteiger partial charge in [-0.1, -0.05) is 6.07 Å². The summed E-state index contributed by atoms with van der Waals surface area (Å²) in [6.07, 6.45) is 3.62. The molecule has 0 fully saturated rings. The molecule has 0 aromatic carbocycles. The quantitative estimate of drug-likeness (QED) is 0.285. The van der Waals surface area contributed by atoms with Crippen LogP contribution >= 0.6 is 0 Å². The van der Waals surface area contributed by atoms with Gasteiger partial charge in [0, 0.05) is 44.1 Å². The second-order valence-electron chi connectivity index (χ2n) is 8.43. The summed E-state index contributed by atoms with van der Waals surface area (Å²) in [6, 6.07) is 11.3. The molecule has 0 saturated carbocycles. The van der Waals surface area contributed by atoms with Gasteiger partial charge in [-0.2, -0.15) is 4.98 Å². The number of aromatic nitrogens is 4. The lowest BCUT2D eigenvalue weighted by Crippen LogP contribution is -2.29. The number of nitrogens with zero attached hydrogens (tertiary/aromatic N) is 7. The molecule has 35 heavy (non-hydrogen) atoms. The van der Waals surface area contributed by atoms with Crippen LogP contribution in [0.25, 0.3) is 16.9 Å². The number of nitrogens with one attached hydrogen (secondary N) is 1. The molecule has 0 radical (unpaired) electrons. The monoisotopic (exact) mass is 476 g/mol. The minimum absolute atomic E-state index is 0.140. The summed E-state index contributed by atoms with van der Waals surface area (Å²) < 4.78 is 7.51. The number of aryl methyl sites for hydroxylation is 1. The van der Waals surface area contributed by atoms with Crippen molar-refractivity contribution < 1.29 is 9.66 Å². The molecule has 11 nitrogen and oxygen atoms in total. The Morgan fingerprint density at radius 1 is 1.14 bits per heavy atom. The van der Waals surface area contributed by atoms with E-state index in [1.54, 1.807) is 18.1 Å². The first-order chi connectivity index (χ1) is 16.8. The van der Waals surface area contributed by atoms with Crippen molar-refractivity contribution in [2.45, 2.75) is 6.92 Å². The first-order valence-corrected chi connectivity index (χ1v) is 11.0. The normalized spacial score (nSPS) is 11.1. The van der Waals surface area contributed by atoms with Crippen molar-refractivity contribution in [1.29, 1.82) is 0 Å². The van der Waals surface area contributed by atoms with Crippen LogP contribution in [0.5, 0.6) is 5.88 Å². The third-order valence-electron chi connectivity index (χ3n) is 5.62. The highest BCUT2D eigenvalue weighted by atomic mass is 16.6. The van der Waals surface area contributed by atoms with Crippen molar-refractivity contribution in [1.82, 2.24) is 24.3 Å². The fraction of sp³-hybridized carbons (Fsp3) is 0.292. The molecule has 0 unspecified atom stereocenters. The summed E-state index contributed by atoms with van der Waals surface area (Å²) >= 11 is 0. The summed E-state index contributed by atoms with van der Waals surface area (Å²) in [5.41, 5.74) is 4.00. The SMILES string of the molecule is COc1nc(N(C)CCN(C)C)c([N+](=O)[O-])cc1Nc1nccc(-c2cc(C)c3ccccn23)n1. The van der Waals surface area contributed by atoms with Crippen molar-refractivity contribution in [2.75, 3.05) is 51.6 Å². The van der Waals surface area contributed by atoms with Crippen LogP contribution in [0.15, 0.2) is 48.8 Å². The Morgan fingerprint density at radius 2 is 1.94 bits per heavy atom. The van der Waals surface area contributed by atoms with E-state index in [0.29, 0.717) is 24.5 Å². The minimum Gasteiger partial charge on any atom is -0.479 e. The van der Waals surface area contributed by atoms with E-state index < -0.39 is 4.92 Å². The van der Waals surface area contributed by atoms with Gasteiger partial charge in [0.2, 0.25) is 17.6 Å². The summed E-state index contributed by atoms with van der Waals surface area (Å²) in [5, 5.41) is 14.9. The van der Waals surface area contributed by atoms with Crippen LogP contribution in [-0.2, 0) is 0 Å². The first kappa shape index (κ1) is 23.9. The number of nitro groups is 1. The zero-order valence-electron chi connectivity index (χ0n) is 20.4. The Morgan fingerprint density at radius 3 is 2.66 bits per heavy atom. The summed E-state index contributed by atoms with van der Waals surface area (Å²) in [7, 11) is 7.11. The molecule has 4 heterocycles. The first-order valence-electron chi connectivity index (χ1n) is 11.0. The summed E-state index contributed by atoms with van der Waals surface area (Å²) in [6.45, 7) is 3.32. The highest BCUT2D eigenvalue weighted by Crippen LogP contribution is 2.35. The third-order valence-corrected chi connectivity index (χ3v) is 5.62. The van der Waals surface area contributed by atoms with E-state index in [-0.39, 0.29) is 23.3 Å². The number of fused-ring (bicyclic) bond motifs is 1. The van der Waals surface area contributed by atoms with Crippen LogP contribution in [0.4, 0.5) is 23.1 Å². The van der Waals surface area contributed by atoms with Crippen LogP contribution < -0.4 is 15.0 Å². The lowest BCUT2D eigenvalue weighted by atomic mass is 10.2. The highest BCUT2D eigenvalue weighted by molar-refractivity contribution is 5.73. The van der Waals surface area contributed by atoms with E-state index in [2.05, 4.69) is 30.7 Å². The molecular formula is C24H28N8O3. The Bertz CT molecular complexity index is 1370. The van der Waals surface area contributed by atoms with E-state index in [9.17, 15) is 10.1 Å². The smallest absolute Gasteiger partial charge is 0.313 e. The number of rotatable bonds is 9. The molecule has 0 spiro atoms. The highest BCUT2D eigenvalue weighted by Gasteiger charge is 2.24. The minimum atomic E-state index is -0.452. The molecule has 11 heteroatoms. The van der Waals surface area contributed by atoms with Crippen molar-refractivity contribution in [3.05, 3.63) is 64.5 Å². The molecule has 0 atom stereocenters. The van der Waals surface area contributed by atoms with Gasteiger partial charge in [-0.25, -0.2) is 9.97 Å². The number of pyridine rings is 2. The Balaban J connectivity index is 1.70. The lowest BCUT2D eigenvalue weighted by molar-refractivity contribution is -0.384. The van der Waals surface area contributed by atoms with Crippen LogP contribution in [0, 0.1) is 17.0 Å². The fourth-order valence-electron chi connectivity index (χ4n) is 3.80. The summed E-state index contributed by atoms with van der Waals surface area (Å²) in [5.74, 6) is 0.707. The van der Waals surface area contributed by atoms with Gasteiger partial charge in [0.05, 0.1) is 23.4 Å². The van der Waals surface area contributed by atoms with Crippen molar-refractivity contribution >= 4 is 28.7 Å². The molecule has 4 aromatic rings. The largest absolute Gasteiger partial charge is 0.479 e. The molecule has 0 aliphatic heterocycles. The Kier molecular flexibility index (Phi) is 6.78. The topological polar surface area (TPSA) is 114 Å². The molecular weight excluding hydrogens is 448 g/mol. The molecule has 4 aromatic heterocycles. The fourth-order valence-corrected chi connectivity index (χ4v) is 3.80. The van der Waals surface area contributed by atoms with Gasteiger partial charge in [-0.15, -0.1) is 0 Å². The number of hydrogen-bond donors (Lipinski definition) is 1. The van der Waals surface area contributed by atoms with Crippen LogP contribution in [0.3, 0.4) is 0 Å². The second-order valence-corrected chi connectivity index (χ2v) is 8.43. The average molecular weight is 477 g/mol. The molecule has 182 valence electrons. The third kappa shape index (κ3) is 4.99. The number of anilines is 3. The molecule has 4 rings (SSSR count). The van der Waals surface area contributed by atoms with E-state index in [1.165, 1.54) is 13.2 Å². The Hall–Kier alpha value is -4.25. The average Bonchev–Trinajstić information content (AvgIpc) is 3.19. The number of ether oxygens (including phenoxy) is 1. The van der Waals surface area contributed by atoms with Gasteiger partial charge in [-0.05, 0) is 50.8 Å². The van der Waals surface area contributed by atoms with Gasteiger partial charge in [0.1, 0.15) is 5.69 Å². The van der Waals surface area contributed by atoms with E-state index in [0.717, 1.165) is 16.8 Å². The van der Waals surface area contributed by atoms with Gasteiger partial charge < -0.3 is 24.3 Å². The van der Waals surface area contributed by atoms with Crippen LogP contribution in [0.1, 0.15) is 5.56 Å². The predicted molar refractivity (Wildman–Crippen MR) is 136 cm³/mol. The lowest BCUT2D eigenvalue weighted by Gasteiger charge is -2.21. The van der Waals surface area contributed by atoms with Crippen molar-refractivity contribution in [3.63, 3.8) is 0 Å². The number of methoxy groups -OCH3 is 1. The van der Waals surface area contributed by atoms with E-state index in [1.807, 2.05) is 56.4 Å². The van der Waals surface area contributed by atoms with Crippen molar-refractivity contribution in [3.8, 4) is 17.3 Å². The predicted octanol–water partition coefficient (Wildman–Crippen LogP) is 3.76. The maximum absolute atomic E-state index is 11.9. The van der Waals surface area contributed by atoms with Gasteiger partial charge >= 0.3 is 5.69 Å². The zero-order valence-corrected chi connectivity index (χ0v) is 20.4. The molecule has 0 saturated heterocycles. The maximum atomic E-state index is 11.9. The van der Waals surface area contributed by atoms with Crippen LogP contribution in [0.2, 0.25) is 0 Å². The van der Waals surface area contributed by atoms with Gasteiger partial charge in [0.25, 0.3) is 0 Å². The number of likely N-dealkylation sites (N-methyl/N-ethyl adjacent to an activating group) is 2. The van der Waals surface area contributed by atoms with Gasteiger partial charge in [-0.3, -0.25) is 10.1 Å². The maximum Gasteiger partial charge on any atom is 0.313 e. The summed E-state index contributed by atoms with van der Waals surface area (Å²) in [4.78, 5) is 28.5. The molecule has 0 aliphatic rings. The van der Waals surface area contributed by atoms with Crippen LogP contribution in [-0.4, -0.2) is 70.5 Å². The van der Waals surface area contributed by atoms with Gasteiger partial charge in [0.15, 0.2) is 0 Å². The second kappa shape index (κ2) is 9.94. The molecule has 0 aliphatic carbocycles. The molecule has 0 bridgehead atoms. The number of hydrogen-bond acceptors (Lipinski definition) is 9. The Labute approximate surface area is 203 Å².